The van der Waals surface area contributed by atoms with Gasteiger partial charge in [0.1, 0.15) is 0 Å². The number of halogens is 2. The Kier molecular flexibility index (Phi) is 7.87. The molecular formula is C17H24Cl2N3O2S+. The second-order valence-electron chi connectivity index (χ2n) is 6.39. The van der Waals surface area contributed by atoms with Gasteiger partial charge >= 0.3 is 0 Å². The molecule has 0 atom stereocenters. The first-order valence-electron chi connectivity index (χ1n) is 8.33. The molecule has 1 saturated heterocycles. The van der Waals surface area contributed by atoms with Gasteiger partial charge in [0.2, 0.25) is 5.91 Å². The van der Waals surface area contributed by atoms with Crippen LogP contribution in [0.3, 0.4) is 0 Å². The highest BCUT2D eigenvalue weighted by molar-refractivity contribution is 8.00. The summed E-state index contributed by atoms with van der Waals surface area (Å²) in [6.07, 6.45) is 0. The van der Waals surface area contributed by atoms with E-state index in [0.29, 0.717) is 35.4 Å². The molecule has 1 aromatic carbocycles. The topological polar surface area (TPSA) is 53.9 Å². The predicted octanol–water partition coefficient (Wildman–Crippen LogP) is 1.34. The van der Waals surface area contributed by atoms with Crippen LogP contribution < -0.4 is 10.2 Å². The number of carbonyl (C=O) groups excluding carboxylic acids is 2. The van der Waals surface area contributed by atoms with Gasteiger partial charge in [-0.25, -0.2) is 0 Å². The van der Waals surface area contributed by atoms with Crippen molar-refractivity contribution in [1.29, 1.82) is 0 Å². The molecule has 0 unspecified atom stereocenters. The van der Waals surface area contributed by atoms with Crippen molar-refractivity contribution in [3.63, 3.8) is 0 Å². The summed E-state index contributed by atoms with van der Waals surface area (Å²) in [4.78, 5) is 28.1. The lowest BCUT2D eigenvalue weighted by Crippen LogP contribution is -3.16. The van der Waals surface area contributed by atoms with E-state index >= 15 is 0 Å². The average molecular weight is 405 g/mol. The van der Waals surface area contributed by atoms with E-state index in [1.165, 1.54) is 16.7 Å². The third kappa shape index (κ3) is 6.70. The maximum Gasteiger partial charge on any atom is 0.275 e. The Labute approximate surface area is 163 Å². The van der Waals surface area contributed by atoms with E-state index in [9.17, 15) is 9.59 Å². The molecular weight excluding hydrogens is 381 g/mol. The fourth-order valence-electron chi connectivity index (χ4n) is 2.67. The van der Waals surface area contributed by atoms with Crippen LogP contribution in [0.2, 0.25) is 10.0 Å². The van der Waals surface area contributed by atoms with Gasteiger partial charge in [0.25, 0.3) is 5.91 Å². The largest absolute Gasteiger partial charge is 0.349 e. The summed E-state index contributed by atoms with van der Waals surface area (Å²) >= 11 is 13.5. The molecule has 2 amide bonds. The number of amides is 2. The first-order chi connectivity index (χ1) is 11.8. The molecule has 8 heteroatoms. The fraction of sp³-hybridized carbons (Fsp3) is 0.529. The summed E-state index contributed by atoms with van der Waals surface area (Å²) in [7, 11) is 0. The van der Waals surface area contributed by atoms with Crippen molar-refractivity contribution < 1.29 is 14.5 Å². The first kappa shape index (κ1) is 20.4. The minimum atomic E-state index is 0.0657. The fourth-order valence-corrected chi connectivity index (χ4v) is 4.06. The van der Waals surface area contributed by atoms with Crippen LogP contribution in [-0.2, 0) is 9.59 Å². The van der Waals surface area contributed by atoms with Crippen molar-refractivity contribution in [1.82, 2.24) is 10.2 Å². The highest BCUT2D eigenvalue weighted by atomic mass is 35.5. The van der Waals surface area contributed by atoms with Crippen LogP contribution in [0.5, 0.6) is 0 Å². The highest BCUT2D eigenvalue weighted by Crippen LogP contribution is 2.29. The van der Waals surface area contributed by atoms with E-state index in [1.54, 1.807) is 18.2 Å². The van der Waals surface area contributed by atoms with Crippen molar-refractivity contribution >= 4 is 46.8 Å². The van der Waals surface area contributed by atoms with Crippen molar-refractivity contribution in [2.24, 2.45) is 0 Å². The summed E-state index contributed by atoms with van der Waals surface area (Å²) in [6.45, 7) is 7.30. The number of nitrogens with zero attached hydrogens (tertiary/aromatic N) is 1. The van der Waals surface area contributed by atoms with Crippen molar-refractivity contribution in [3.05, 3.63) is 28.2 Å². The number of piperazine rings is 1. The van der Waals surface area contributed by atoms with Crippen LogP contribution in [-0.4, -0.2) is 61.2 Å². The lowest BCUT2D eigenvalue weighted by Gasteiger charge is -2.32. The van der Waals surface area contributed by atoms with Gasteiger partial charge in [0.15, 0.2) is 6.54 Å². The van der Waals surface area contributed by atoms with Crippen molar-refractivity contribution in [2.75, 3.05) is 38.5 Å². The Morgan fingerprint density at radius 2 is 1.96 bits per heavy atom. The molecule has 1 aliphatic rings. The molecule has 2 N–H and O–H groups in total. The van der Waals surface area contributed by atoms with Gasteiger partial charge in [-0.1, -0.05) is 23.2 Å². The Balaban J connectivity index is 1.75. The van der Waals surface area contributed by atoms with Crippen LogP contribution in [0.15, 0.2) is 23.1 Å². The lowest BCUT2D eigenvalue weighted by atomic mass is 10.3. The summed E-state index contributed by atoms with van der Waals surface area (Å²) < 4.78 is 0. The van der Waals surface area contributed by atoms with Gasteiger partial charge in [-0.3, -0.25) is 9.59 Å². The van der Waals surface area contributed by atoms with Gasteiger partial charge in [0, 0.05) is 16.0 Å². The number of hydrogen-bond donors (Lipinski definition) is 2. The molecule has 0 aromatic heterocycles. The average Bonchev–Trinajstić information content (AvgIpc) is 2.55. The molecule has 1 aromatic rings. The molecule has 1 aliphatic heterocycles. The minimum absolute atomic E-state index is 0.0657. The van der Waals surface area contributed by atoms with Gasteiger partial charge < -0.3 is 15.1 Å². The van der Waals surface area contributed by atoms with E-state index in [4.69, 9.17) is 23.2 Å². The van der Waals surface area contributed by atoms with E-state index in [1.807, 2.05) is 18.7 Å². The summed E-state index contributed by atoms with van der Waals surface area (Å²) in [5, 5.41) is 4.12. The Morgan fingerprint density at radius 3 is 2.60 bits per heavy atom. The van der Waals surface area contributed by atoms with E-state index < -0.39 is 0 Å². The third-order valence-electron chi connectivity index (χ3n) is 3.93. The van der Waals surface area contributed by atoms with Crippen LogP contribution in [0, 0.1) is 0 Å². The zero-order valence-corrected chi connectivity index (χ0v) is 16.8. The van der Waals surface area contributed by atoms with Crippen LogP contribution in [0.25, 0.3) is 0 Å². The summed E-state index contributed by atoms with van der Waals surface area (Å²) in [5.74, 6) is 0.492. The monoisotopic (exact) mass is 404 g/mol. The number of benzene rings is 1. The molecule has 0 aliphatic carbocycles. The number of carbonyl (C=O) groups is 2. The maximum absolute atomic E-state index is 12.4. The molecule has 2 rings (SSSR count). The minimum Gasteiger partial charge on any atom is -0.349 e. The first-order valence-corrected chi connectivity index (χ1v) is 10.1. The Hall–Kier alpha value is -0.950. The number of rotatable bonds is 6. The second-order valence-corrected chi connectivity index (χ2v) is 8.25. The normalized spacial score (nSPS) is 15.5. The standard InChI is InChI=1S/C17H23Cl2N3O2S/c1-12(2)20-16(23)10-21-5-7-22(8-6-21)17(24)11-25-15-9-13(18)3-4-14(15)19/h3-4,9,12H,5-8,10-11H2,1-2H3,(H,20,23)/p+1. The van der Waals surface area contributed by atoms with Crippen molar-refractivity contribution in [3.8, 4) is 0 Å². The van der Waals surface area contributed by atoms with E-state index in [2.05, 4.69) is 5.32 Å². The second kappa shape index (κ2) is 9.67. The van der Waals surface area contributed by atoms with E-state index in [0.717, 1.165) is 18.0 Å². The molecule has 5 nitrogen and oxygen atoms in total. The molecule has 25 heavy (non-hydrogen) atoms. The van der Waals surface area contributed by atoms with Gasteiger partial charge in [-0.15, -0.1) is 11.8 Å². The Bertz CT molecular complexity index is 620. The molecule has 1 heterocycles. The summed E-state index contributed by atoms with van der Waals surface area (Å²) in [6, 6.07) is 5.40. The quantitative estimate of drug-likeness (QED) is 0.703. The molecule has 0 bridgehead atoms. The SMILES string of the molecule is CC(C)NC(=O)C[NH+]1CCN(C(=O)CSc2cc(Cl)ccc2Cl)CC1. The maximum atomic E-state index is 12.4. The summed E-state index contributed by atoms with van der Waals surface area (Å²) in [5.41, 5.74) is 0. The van der Waals surface area contributed by atoms with E-state index in [-0.39, 0.29) is 17.9 Å². The number of quaternary nitrogens is 1. The number of nitrogens with one attached hydrogen (secondary N) is 2. The number of hydrogen-bond acceptors (Lipinski definition) is 3. The molecule has 1 fully saturated rings. The zero-order valence-electron chi connectivity index (χ0n) is 14.5. The third-order valence-corrected chi connectivity index (χ3v) is 5.64. The smallest absolute Gasteiger partial charge is 0.275 e. The molecule has 0 spiro atoms. The number of thioether (sulfide) groups is 1. The molecule has 0 saturated carbocycles. The molecule has 138 valence electrons. The zero-order chi connectivity index (χ0) is 18.4. The predicted molar refractivity (Wildman–Crippen MR) is 103 cm³/mol. The molecule has 0 radical (unpaired) electrons. The Morgan fingerprint density at radius 1 is 1.28 bits per heavy atom. The van der Waals surface area contributed by atoms with Gasteiger partial charge in [-0.2, -0.15) is 0 Å². The lowest BCUT2D eigenvalue weighted by molar-refractivity contribution is -0.896. The van der Waals surface area contributed by atoms with Crippen LogP contribution in [0.1, 0.15) is 13.8 Å². The van der Waals surface area contributed by atoms with Gasteiger partial charge in [0.05, 0.1) is 37.0 Å². The van der Waals surface area contributed by atoms with Crippen LogP contribution in [0.4, 0.5) is 0 Å². The van der Waals surface area contributed by atoms with Crippen molar-refractivity contribution in [2.45, 2.75) is 24.8 Å². The van der Waals surface area contributed by atoms with Gasteiger partial charge in [-0.05, 0) is 32.0 Å². The highest BCUT2D eigenvalue weighted by Gasteiger charge is 2.25. The van der Waals surface area contributed by atoms with Crippen LogP contribution >= 0.6 is 35.0 Å².